The van der Waals surface area contributed by atoms with Gasteiger partial charge in [-0.2, -0.15) is 0 Å². The largest absolute Gasteiger partial charge is 0.270 e. The van der Waals surface area contributed by atoms with Crippen LogP contribution in [0.3, 0.4) is 0 Å². The number of nitro benzene ring substituents is 1. The molecule has 2 aliphatic carbocycles. The molecule has 4 rings (SSSR count). The third-order valence-corrected chi connectivity index (χ3v) is 4.52. The highest BCUT2D eigenvalue weighted by Crippen LogP contribution is 2.18. The van der Waals surface area contributed by atoms with E-state index >= 15 is 0 Å². The van der Waals surface area contributed by atoms with Crippen LogP contribution in [0.1, 0.15) is 24.0 Å². The van der Waals surface area contributed by atoms with Gasteiger partial charge in [0.15, 0.2) is 0 Å². The van der Waals surface area contributed by atoms with Crippen molar-refractivity contribution >= 4 is 17.8 Å². The van der Waals surface area contributed by atoms with Crippen molar-refractivity contribution in [3.63, 3.8) is 0 Å². The zero-order valence-electron chi connectivity index (χ0n) is 11.6. The first-order valence-electron chi connectivity index (χ1n) is 7.34. The van der Waals surface area contributed by atoms with Gasteiger partial charge in [-0.25, -0.2) is 0 Å². The number of non-ortho nitro benzene ring substituents is 1. The molecule has 0 spiro atoms. The summed E-state index contributed by atoms with van der Waals surface area (Å²) in [6, 6.07) is 9.55. The number of nitrogens with zero attached hydrogens (tertiary/aromatic N) is 1. The monoisotopic (exact) mass is 277 g/mol. The molecular formula is C18H15NO2. The van der Waals surface area contributed by atoms with Gasteiger partial charge in [-0.15, -0.1) is 0 Å². The van der Waals surface area contributed by atoms with Gasteiger partial charge in [0.25, 0.3) is 5.69 Å². The standard InChI is InChI=1S/C18H15NO2/c20-19(21)14-7-10-16-13(11-14)6-9-17-15-4-2-1-3-12(15)5-8-18(16)17/h3,5-8,10-11H,1-2,4,9H2. The van der Waals surface area contributed by atoms with E-state index < -0.39 is 0 Å². The first-order valence-corrected chi connectivity index (χ1v) is 7.34. The van der Waals surface area contributed by atoms with Crippen molar-refractivity contribution in [2.45, 2.75) is 25.7 Å². The highest BCUT2D eigenvalue weighted by Gasteiger charge is 2.12. The summed E-state index contributed by atoms with van der Waals surface area (Å²) in [5.41, 5.74) is 3.04. The van der Waals surface area contributed by atoms with Gasteiger partial charge in [0, 0.05) is 12.1 Å². The van der Waals surface area contributed by atoms with Gasteiger partial charge >= 0.3 is 0 Å². The van der Waals surface area contributed by atoms with Crippen LogP contribution in [-0.4, -0.2) is 4.92 Å². The van der Waals surface area contributed by atoms with Crippen LogP contribution in [-0.2, 0) is 12.8 Å². The fraction of sp³-hybridized carbons (Fsp3) is 0.222. The average Bonchev–Trinajstić information content (AvgIpc) is 2.53. The molecule has 21 heavy (non-hydrogen) atoms. The molecule has 0 saturated heterocycles. The average molecular weight is 277 g/mol. The number of benzene rings is 2. The van der Waals surface area contributed by atoms with E-state index in [2.05, 4.69) is 24.3 Å². The third kappa shape index (κ3) is 1.88. The number of hydrogen-bond donors (Lipinski definition) is 0. The molecule has 3 nitrogen and oxygen atoms in total. The van der Waals surface area contributed by atoms with E-state index in [0.717, 1.165) is 29.7 Å². The Hall–Kier alpha value is -2.42. The van der Waals surface area contributed by atoms with E-state index in [4.69, 9.17) is 0 Å². The molecule has 104 valence electrons. The van der Waals surface area contributed by atoms with E-state index in [1.54, 1.807) is 12.1 Å². The van der Waals surface area contributed by atoms with Crippen LogP contribution in [0.2, 0.25) is 0 Å². The lowest BCUT2D eigenvalue weighted by atomic mass is 9.89. The normalized spacial score (nSPS) is 15.0. The van der Waals surface area contributed by atoms with Crippen LogP contribution < -0.4 is 10.4 Å². The minimum Gasteiger partial charge on any atom is -0.258 e. The molecule has 2 aromatic rings. The second kappa shape index (κ2) is 4.55. The summed E-state index contributed by atoms with van der Waals surface area (Å²) in [6.45, 7) is 0. The summed E-state index contributed by atoms with van der Waals surface area (Å²) < 4.78 is 0. The molecule has 0 aliphatic heterocycles. The highest BCUT2D eigenvalue weighted by molar-refractivity contribution is 5.49. The lowest BCUT2D eigenvalue weighted by Gasteiger charge is -2.16. The van der Waals surface area contributed by atoms with Crippen molar-refractivity contribution in [1.29, 1.82) is 0 Å². The van der Waals surface area contributed by atoms with Gasteiger partial charge in [0.1, 0.15) is 0 Å². The van der Waals surface area contributed by atoms with Crippen LogP contribution in [0.15, 0.2) is 30.3 Å². The summed E-state index contributed by atoms with van der Waals surface area (Å²) in [7, 11) is 0. The fourth-order valence-corrected chi connectivity index (χ4v) is 3.51. The predicted octanol–water partition coefficient (Wildman–Crippen LogP) is 2.34. The van der Waals surface area contributed by atoms with Gasteiger partial charge in [-0.1, -0.05) is 24.3 Å². The summed E-state index contributed by atoms with van der Waals surface area (Å²) in [6.07, 6.45) is 8.85. The number of rotatable bonds is 1. The third-order valence-electron chi connectivity index (χ3n) is 4.52. The SMILES string of the molecule is O=[N+]([O-])c1ccc2c(c1)=CCc1c3c(ccc1=2)=CCCC3. The molecule has 0 saturated carbocycles. The molecule has 0 N–H and O–H groups in total. The Morgan fingerprint density at radius 3 is 2.67 bits per heavy atom. The Balaban J connectivity index is 2.12. The zero-order valence-corrected chi connectivity index (χ0v) is 11.6. The lowest BCUT2D eigenvalue weighted by molar-refractivity contribution is -0.385. The molecule has 2 aliphatic rings. The quantitative estimate of drug-likeness (QED) is 0.593. The Morgan fingerprint density at radius 2 is 1.81 bits per heavy atom. The zero-order chi connectivity index (χ0) is 14.4. The van der Waals surface area contributed by atoms with E-state index in [-0.39, 0.29) is 10.6 Å². The molecule has 0 bridgehead atoms. The molecule has 0 fully saturated rings. The van der Waals surface area contributed by atoms with E-state index in [1.807, 2.05) is 6.07 Å². The van der Waals surface area contributed by atoms with Gasteiger partial charge in [-0.3, -0.25) is 10.1 Å². The van der Waals surface area contributed by atoms with Crippen molar-refractivity contribution in [2.75, 3.05) is 0 Å². The molecule has 3 heteroatoms. The minimum atomic E-state index is -0.328. The molecular weight excluding hydrogens is 262 g/mol. The number of fused-ring (bicyclic) bond motifs is 4. The van der Waals surface area contributed by atoms with E-state index in [9.17, 15) is 10.1 Å². The second-order valence-corrected chi connectivity index (χ2v) is 5.69. The van der Waals surface area contributed by atoms with Crippen molar-refractivity contribution in [1.82, 2.24) is 0 Å². The Kier molecular flexibility index (Phi) is 2.67. The maximum Gasteiger partial charge on any atom is 0.270 e. The van der Waals surface area contributed by atoms with Gasteiger partial charge in [0.05, 0.1) is 4.92 Å². The van der Waals surface area contributed by atoms with Crippen molar-refractivity contribution < 1.29 is 4.92 Å². The van der Waals surface area contributed by atoms with Crippen LogP contribution in [0.4, 0.5) is 5.69 Å². The van der Waals surface area contributed by atoms with Crippen LogP contribution in [0.5, 0.6) is 0 Å². The van der Waals surface area contributed by atoms with Crippen molar-refractivity contribution in [2.24, 2.45) is 0 Å². The molecule has 0 radical (unpaired) electrons. The van der Waals surface area contributed by atoms with Gasteiger partial charge < -0.3 is 0 Å². The van der Waals surface area contributed by atoms with Gasteiger partial charge in [-0.05, 0) is 63.8 Å². The lowest BCUT2D eigenvalue weighted by Crippen LogP contribution is -2.19. The second-order valence-electron chi connectivity index (χ2n) is 5.69. The molecule has 0 heterocycles. The van der Waals surface area contributed by atoms with Crippen LogP contribution >= 0.6 is 0 Å². The highest BCUT2D eigenvalue weighted by atomic mass is 16.6. The predicted molar refractivity (Wildman–Crippen MR) is 82.0 cm³/mol. The smallest absolute Gasteiger partial charge is 0.258 e. The summed E-state index contributed by atoms with van der Waals surface area (Å²) in [5, 5.41) is 15.6. The van der Waals surface area contributed by atoms with Crippen LogP contribution in [0, 0.1) is 20.6 Å². The summed E-state index contributed by atoms with van der Waals surface area (Å²) in [4.78, 5) is 10.6. The van der Waals surface area contributed by atoms with Crippen molar-refractivity contribution in [3.05, 3.63) is 72.4 Å². The Morgan fingerprint density at radius 1 is 0.952 bits per heavy atom. The Bertz CT molecular complexity index is 973. The maximum absolute atomic E-state index is 10.9. The number of hydrogen-bond acceptors (Lipinski definition) is 2. The van der Waals surface area contributed by atoms with Crippen molar-refractivity contribution in [3.8, 4) is 0 Å². The molecule has 0 aromatic heterocycles. The Labute approximate surface area is 121 Å². The topological polar surface area (TPSA) is 43.1 Å². The first kappa shape index (κ1) is 12.3. The molecule has 0 amide bonds. The van der Waals surface area contributed by atoms with E-state index in [1.165, 1.54) is 28.0 Å². The molecule has 2 aromatic carbocycles. The van der Waals surface area contributed by atoms with Crippen LogP contribution in [0.25, 0.3) is 12.2 Å². The summed E-state index contributed by atoms with van der Waals surface area (Å²) in [5.74, 6) is 0. The van der Waals surface area contributed by atoms with E-state index in [0.29, 0.717) is 0 Å². The number of nitro groups is 1. The maximum atomic E-state index is 10.9. The first-order chi connectivity index (χ1) is 10.2. The molecule has 0 unspecified atom stereocenters. The minimum absolute atomic E-state index is 0.166. The van der Waals surface area contributed by atoms with Gasteiger partial charge in [0.2, 0.25) is 0 Å². The fourth-order valence-electron chi connectivity index (χ4n) is 3.51. The molecule has 0 atom stereocenters. The summed E-state index contributed by atoms with van der Waals surface area (Å²) >= 11 is 0.